The van der Waals surface area contributed by atoms with Crippen LogP contribution in [-0.2, 0) is 0 Å². The van der Waals surface area contributed by atoms with Gasteiger partial charge in [0.05, 0.1) is 11.5 Å². The minimum atomic E-state index is -0.429. The van der Waals surface area contributed by atoms with Gasteiger partial charge in [0.2, 0.25) is 11.5 Å². The fourth-order valence-corrected chi connectivity index (χ4v) is 2.39. The molecule has 1 heterocycles. The van der Waals surface area contributed by atoms with Gasteiger partial charge in [0.1, 0.15) is 6.10 Å². The Kier molecular flexibility index (Phi) is 5.38. The maximum Gasteiger partial charge on any atom is 0.352 e. The van der Waals surface area contributed by atoms with E-state index >= 15 is 0 Å². The molecule has 0 aromatic heterocycles. The Morgan fingerprint density at radius 1 is 1.43 bits per heavy atom. The van der Waals surface area contributed by atoms with Gasteiger partial charge in [-0.2, -0.15) is 0 Å². The van der Waals surface area contributed by atoms with Crippen molar-refractivity contribution in [3.05, 3.63) is 28.3 Å². The first-order chi connectivity index (χ1) is 10.1. The third kappa shape index (κ3) is 3.85. The van der Waals surface area contributed by atoms with Gasteiger partial charge in [-0.1, -0.05) is 19.9 Å². The Morgan fingerprint density at radius 2 is 2.19 bits per heavy atom. The predicted octanol–water partition coefficient (Wildman–Crippen LogP) is 2.76. The van der Waals surface area contributed by atoms with Crippen LogP contribution in [0.25, 0.3) is 0 Å². The van der Waals surface area contributed by atoms with Crippen LogP contribution in [0.4, 0.5) is 5.69 Å². The fraction of sp³-hybridized carbons (Fsp3) is 0.600. The summed E-state index contributed by atoms with van der Waals surface area (Å²) in [5, 5.41) is 14.6. The quantitative estimate of drug-likeness (QED) is 0.645. The number of rotatable bonds is 6. The second kappa shape index (κ2) is 7.26. The number of para-hydroxylation sites is 1. The number of ether oxygens (including phenoxy) is 2. The molecule has 0 amide bonds. The van der Waals surface area contributed by atoms with Gasteiger partial charge >= 0.3 is 5.69 Å². The summed E-state index contributed by atoms with van der Waals surface area (Å²) in [4.78, 5) is 10.9. The van der Waals surface area contributed by atoms with Crippen LogP contribution in [0.5, 0.6) is 11.5 Å². The third-order valence-electron chi connectivity index (χ3n) is 3.64. The summed E-state index contributed by atoms with van der Waals surface area (Å²) < 4.78 is 11.4. The zero-order valence-corrected chi connectivity index (χ0v) is 12.5. The highest BCUT2D eigenvalue weighted by molar-refractivity contribution is 5.57. The average Bonchev–Trinajstić information content (AvgIpc) is 2.47. The molecule has 1 saturated heterocycles. The zero-order valence-electron chi connectivity index (χ0n) is 12.5. The average molecular weight is 294 g/mol. The lowest BCUT2D eigenvalue weighted by molar-refractivity contribution is -0.387. The Hall–Kier alpha value is -1.82. The molecule has 0 saturated carbocycles. The molecule has 21 heavy (non-hydrogen) atoms. The highest BCUT2D eigenvalue weighted by Gasteiger charge is 2.28. The van der Waals surface area contributed by atoms with E-state index in [0.717, 1.165) is 19.4 Å². The number of benzene rings is 1. The lowest BCUT2D eigenvalue weighted by Gasteiger charge is -2.29. The van der Waals surface area contributed by atoms with Crippen LogP contribution in [-0.4, -0.2) is 30.7 Å². The molecule has 2 unspecified atom stereocenters. The first kappa shape index (κ1) is 15.6. The topological polar surface area (TPSA) is 73.6 Å². The predicted molar refractivity (Wildman–Crippen MR) is 79.9 cm³/mol. The van der Waals surface area contributed by atoms with E-state index in [9.17, 15) is 10.1 Å². The number of nitro groups is 1. The van der Waals surface area contributed by atoms with Crippen molar-refractivity contribution in [1.82, 2.24) is 5.32 Å². The van der Waals surface area contributed by atoms with E-state index in [-0.39, 0.29) is 23.3 Å². The Labute approximate surface area is 124 Å². The summed E-state index contributed by atoms with van der Waals surface area (Å²) in [6.45, 7) is 6.18. The lowest BCUT2D eigenvalue weighted by Crippen LogP contribution is -2.42. The Morgan fingerprint density at radius 3 is 2.86 bits per heavy atom. The Balaban J connectivity index is 2.23. The SMILES string of the molecule is CCCOc1cccc(OC2CNCCC2C)c1[N+](=O)[O-]. The molecule has 2 atom stereocenters. The summed E-state index contributed by atoms with van der Waals surface area (Å²) in [5.74, 6) is 0.927. The molecule has 1 aliphatic rings. The molecule has 6 nitrogen and oxygen atoms in total. The third-order valence-corrected chi connectivity index (χ3v) is 3.64. The van der Waals surface area contributed by atoms with E-state index in [4.69, 9.17) is 9.47 Å². The van der Waals surface area contributed by atoms with Crippen molar-refractivity contribution in [2.45, 2.75) is 32.8 Å². The molecular weight excluding hydrogens is 272 g/mol. The smallest absolute Gasteiger partial charge is 0.352 e. The van der Waals surface area contributed by atoms with Crippen molar-refractivity contribution < 1.29 is 14.4 Å². The standard InChI is InChI=1S/C15H22N2O4/c1-3-9-20-12-5-4-6-13(15(12)17(18)19)21-14-10-16-8-7-11(14)2/h4-6,11,14,16H,3,7-10H2,1-2H3. The summed E-state index contributed by atoms with van der Waals surface area (Å²) in [5.41, 5.74) is -0.0799. The summed E-state index contributed by atoms with van der Waals surface area (Å²) >= 11 is 0. The van der Waals surface area contributed by atoms with Gasteiger partial charge in [0, 0.05) is 6.54 Å². The van der Waals surface area contributed by atoms with Crippen molar-refractivity contribution in [3.8, 4) is 11.5 Å². The highest BCUT2D eigenvalue weighted by Crippen LogP contribution is 2.38. The maximum absolute atomic E-state index is 11.4. The van der Waals surface area contributed by atoms with E-state index in [0.29, 0.717) is 19.1 Å². The molecule has 0 radical (unpaired) electrons. The molecule has 0 bridgehead atoms. The van der Waals surface area contributed by atoms with E-state index in [1.165, 1.54) is 0 Å². The number of nitrogens with zero attached hydrogens (tertiary/aromatic N) is 1. The molecule has 0 aliphatic carbocycles. The molecule has 116 valence electrons. The van der Waals surface area contributed by atoms with Gasteiger partial charge in [-0.3, -0.25) is 10.1 Å². The number of nitrogens with one attached hydrogen (secondary N) is 1. The molecule has 1 N–H and O–H groups in total. The molecule has 6 heteroatoms. The molecule has 2 rings (SSSR count). The number of hydrogen-bond acceptors (Lipinski definition) is 5. The highest BCUT2D eigenvalue weighted by atomic mass is 16.6. The number of hydrogen-bond donors (Lipinski definition) is 1. The van der Waals surface area contributed by atoms with Gasteiger partial charge in [-0.25, -0.2) is 0 Å². The van der Waals surface area contributed by atoms with E-state index < -0.39 is 4.92 Å². The minimum absolute atomic E-state index is 0.0566. The second-order valence-electron chi connectivity index (χ2n) is 5.33. The van der Waals surface area contributed by atoms with Crippen LogP contribution >= 0.6 is 0 Å². The summed E-state index contributed by atoms with van der Waals surface area (Å²) in [7, 11) is 0. The second-order valence-corrected chi connectivity index (χ2v) is 5.33. The van der Waals surface area contributed by atoms with Crippen molar-refractivity contribution in [2.75, 3.05) is 19.7 Å². The zero-order chi connectivity index (χ0) is 15.2. The van der Waals surface area contributed by atoms with E-state index in [1.807, 2.05) is 6.92 Å². The van der Waals surface area contributed by atoms with Gasteiger partial charge in [0.25, 0.3) is 0 Å². The normalized spacial score (nSPS) is 21.8. The largest absolute Gasteiger partial charge is 0.487 e. The van der Waals surface area contributed by atoms with Crippen molar-refractivity contribution in [2.24, 2.45) is 5.92 Å². The van der Waals surface area contributed by atoms with Crippen molar-refractivity contribution in [3.63, 3.8) is 0 Å². The van der Waals surface area contributed by atoms with Crippen LogP contribution in [0.2, 0.25) is 0 Å². The van der Waals surface area contributed by atoms with Crippen molar-refractivity contribution in [1.29, 1.82) is 0 Å². The lowest BCUT2D eigenvalue weighted by atomic mass is 9.97. The Bertz CT molecular complexity index is 493. The molecular formula is C15H22N2O4. The summed E-state index contributed by atoms with van der Waals surface area (Å²) in [6, 6.07) is 4.98. The number of nitro benzene ring substituents is 1. The molecule has 1 fully saturated rings. The van der Waals surface area contributed by atoms with Crippen LogP contribution in [0.3, 0.4) is 0 Å². The fourth-order valence-electron chi connectivity index (χ4n) is 2.39. The van der Waals surface area contributed by atoms with Crippen LogP contribution in [0.15, 0.2) is 18.2 Å². The first-order valence-corrected chi connectivity index (χ1v) is 7.41. The van der Waals surface area contributed by atoms with Gasteiger partial charge < -0.3 is 14.8 Å². The van der Waals surface area contributed by atoms with E-state index in [1.54, 1.807) is 18.2 Å². The first-order valence-electron chi connectivity index (χ1n) is 7.41. The summed E-state index contributed by atoms with van der Waals surface area (Å²) in [6.07, 6.45) is 1.75. The molecule has 1 aromatic carbocycles. The monoisotopic (exact) mass is 294 g/mol. The number of piperidine rings is 1. The molecule has 0 spiro atoms. The van der Waals surface area contributed by atoms with Crippen LogP contribution < -0.4 is 14.8 Å². The van der Waals surface area contributed by atoms with Gasteiger partial charge in [-0.05, 0) is 37.4 Å². The van der Waals surface area contributed by atoms with Gasteiger partial charge in [0.15, 0.2) is 0 Å². The molecule has 1 aliphatic heterocycles. The van der Waals surface area contributed by atoms with Crippen molar-refractivity contribution >= 4 is 5.69 Å². The minimum Gasteiger partial charge on any atom is -0.487 e. The van der Waals surface area contributed by atoms with Crippen LogP contribution in [0, 0.1) is 16.0 Å². The van der Waals surface area contributed by atoms with E-state index in [2.05, 4.69) is 12.2 Å². The molecule has 1 aromatic rings. The van der Waals surface area contributed by atoms with Gasteiger partial charge in [-0.15, -0.1) is 0 Å². The van der Waals surface area contributed by atoms with Crippen LogP contribution in [0.1, 0.15) is 26.7 Å². The maximum atomic E-state index is 11.4.